The van der Waals surface area contributed by atoms with Crippen LogP contribution in [0.25, 0.3) is 5.65 Å². The smallest absolute Gasteiger partial charge is 0.247 e. The summed E-state index contributed by atoms with van der Waals surface area (Å²) in [5.74, 6) is 0.755. The molecule has 1 spiro atoms. The van der Waals surface area contributed by atoms with Crippen LogP contribution in [0.2, 0.25) is 5.02 Å². The molecule has 4 heterocycles. The highest BCUT2D eigenvalue weighted by molar-refractivity contribution is 6.36. The lowest BCUT2D eigenvalue weighted by Crippen LogP contribution is -2.61. The van der Waals surface area contributed by atoms with Crippen molar-refractivity contribution < 1.29 is 9.50 Å². The van der Waals surface area contributed by atoms with E-state index in [-0.39, 0.29) is 17.1 Å². The topological polar surface area (TPSA) is 141 Å². The van der Waals surface area contributed by atoms with E-state index in [1.165, 1.54) is 10.7 Å². The fourth-order valence-electron chi connectivity index (χ4n) is 5.45. The molecule has 6 rings (SSSR count). The summed E-state index contributed by atoms with van der Waals surface area (Å²) in [4.78, 5) is 13.2. The number of nitrogens with zero attached hydrogens (tertiary/aromatic N) is 8. The predicted molar refractivity (Wildman–Crippen MR) is 144 cm³/mol. The first kappa shape index (κ1) is 25.6. The van der Waals surface area contributed by atoms with Gasteiger partial charge in [0, 0.05) is 31.1 Å². The Morgan fingerprint density at radius 2 is 1.97 bits per heavy atom. The van der Waals surface area contributed by atoms with Crippen LogP contribution in [0.3, 0.4) is 0 Å². The Labute approximate surface area is 229 Å². The fraction of sp³-hybridized carbons (Fsp3) is 0.500. The average Bonchev–Trinajstić information content (AvgIpc) is 3.64. The van der Waals surface area contributed by atoms with Gasteiger partial charge in [0.2, 0.25) is 5.95 Å². The molecule has 0 amide bonds. The van der Waals surface area contributed by atoms with Gasteiger partial charge in [-0.05, 0) is 50.9 Å². The number of β-amino-alcohol motifs (C(OH)–C–C–N with tert-alkyl or cyclic N) is 1. The van der Waals surface area contributed by atoms with Gasteiger partial charge in [-0.2, -0.15) is 20.0 Å². The van der Waals surface area contributed by atoms with E-state index in [1.54, 1.807) is 12.1 Å². The van der Waals surface area contributed by atoms with Crippen molar-refractivity contribution in [3.8, 4) is 12.1 Å². The van der Waals surface area contributed by atoms with E-state index in [4.69, 9.17) is 11.6 Å². The van der Waals surface area contributed by atoms with Crippen molar-refractivity contribution in [3.05, 3.63) is 34.6 Å². The summed E-state index contributed by atoms with van der Waals surface area (Å²) >= 11 is 6.88. The number of halogens is 2. The average molecular weight is 551 g/mol. The van der Waals surface area contributed by atoms with Gasteiger partial charge in [-0.1, -0.05) is 11.6 Å². The van der Waals surface area contributed by atoms with E-state index in [9.17, 15) is 20.0 Å². The second kappa shape index (κ2) is 10.1. The molecule has 2 aliphatic heterocycles. The van der Waals surface area contributed by atoms with Crippen LogP contribution in [0.1, 0.15) is 36.9 Å². The summed E-state index contributed by atoms with van der Waals surface area (Å²) in [6.07, 6.45) is 4.53. The summed E-state index contributed by atoms with van der Waals surface area (Å²) in [7, 11) is 0. The molecule has 1 saturated carbocycles. The molecule has 3 aliphatic rings. The molecule has 11 nitrogen and oxygen atoms in total. The number of hydrogen-bond acceptors (Lipinski definition) is 10. The Bertz CT molecular complexity index is 1480. The van der Waals surface area contributed by atoms with Crippen LogP contribution in [-0.2, 0) is 0 Å². The molecule has 3 fully saturated rings. The standard InChI is InChI=1S/C26H28ClFN10O/c27-22-20(33-25-34-23(32-17-1-2-17)24-31-12-18(11-30)38(24)35-25)7-16(10-29)8-21(22)37-14-26(15-37)3-5-36(6-4-26)13-19(39)9-28/h7-8,12,17,19,39H,1-6,9,13-15H2,(H2,32,33,34,35). The molecular formula is C26H28ClFN10O. The maximum absolute atomic E-state index is 12.7. The van der Waals surface area contributed by atoms with Gasteiger partial charge in [-0.25, -0.2) is 9.37 Å². The van der Waals surface area contributed by atoms with Crippen molar-refractivity contribution in [2.45, 2.75) is 37.8 Å². The largest absolute Gasteiger partial charge is 0.389 e. The van der Waals surface area contributed by atoms with Crippen LogP contribution in [-0.4, -0.2) is 81.1 Å². The van der Waals surface area contributed by atoms with Crippen LogP contribution in [0.4, 0.5) is 27.5 Å². The Kier molecular flexibility index (Phi) is 6.63. The number of nitrogens with one attached hydrogen (secondary N) is 2. The molecule has 1 atom stereocenters. The van der Waals surface area contributed by atoms with E-state index in [0.717, 1.165) is 57.5 Å². The number of imidazole rings is 1. The maximum Gasteiger partial charge on any atom is 0.247 e. The van der Waals surface area contributed by atoms with Crippen molar-refractivity contribution in [1.29, 1.82) is 10.5 Å². The first-order valence-corrected chi connectivity index (χ1v) is 13.4. The SMILES string of the molecule is N#Cc1cc(Nc2nc(NC3CC3)c3ncc(C#N)n3n2)c(Cl)c(N2CC3(CCN(CC(O)CF)CC3)C2)c1. The van der Waals surface area contributed by atoms with Crippen LogP contribution in [0, 0.1) is 28.1 Å². The zero-order valence-electron chi connectivity index (χ0n) is 21.2. The number of anilines is 4. The summed E-state index contributed by atoms with van der Waals surface area (Å²) in [6, 6.07) is 8.08. The lowest BCUT2D eigenvalue weighted by atomic mass is 9.71. The minimum absolute atomic E-state index is 0.142. The Morgan fingerprint density at radius 1 is 1.21 bits per heavy atom. The van der Waals surface area contributed by atoms with Crippen LogP contribution >= 0.6 is 11.6 Å². The van der Waals surface area contributed by atoms with E-state index < -0.39 is 12.8 Å². The zero-order chi connectivity index (χ0) is 27.1. The molecule has 0 bridgehead atoms. The highest BCUT2D eigenvalue weighted by Crippen LogP contribution is 2.46. The molecule has 2 aromatic heterocycles. The van der Waals surface area contributed by atoms with Gasteiger partial charge in [0.1, 0.15) is 12.7 Å². The monoisotopic (exact) mass is 550 g/mol. The number of aromatic nitrogens is 4. The molecule has 1 aromatic carbocycles. The van der Waals surface area contributed by atoms with E-state index >= 15 is 0 Å². The minimum atomic E-state index is -0.930. The van der Waals surface area contributed by atoms with E-state index in [0.29, 0.717) is 40.3 Å². The number of aliphatic hydroxyl groups excluding tert-OH is 1. The summed E-state index contributed by atoms with van der Waals surface area (Å²) < 4.78 is 14.1. The zero-order valence-corrected chi connectivity index (χ0v) is 22.0. The number of fused-ring (bicyclic) bond motifs is 1. The Morgan fingerprint density at radius 3 is 2.64 bits per heavy atom. The number of benzene rings is 1. The van der Waals surface area contributed by atoms with Crippen molar-refractivity contribution in [2.24, 2.45) is 5.41 Å². The third-order valence-corrected chi connectivity index (χ3v) is 8.18. The van der Waals surface area contributed by atoms with Crippen LogP contribution in [0.5, 0.6) is 0 Å². The lowest BCUT2D eigenvalue weighted by Gasteiger charge is -2.55. The minimum Gasteiger partial charge on any atom is -0.389 e. The number of likely N-dealkylation sites (tertiary alicyclic amines) is 1. The van der Waals surface area contributed by atoms with E-state index in [1.807, 2.05) is 0 Å². The Balaban J connectivity index is 1.22. The molecule has 0 radical (unpaired) electrons. The molecule has 3 aromatic rings. The van der Waals surface area contributed by atoms with Crippen molar-refractivity contribution >= 4 is 40.4 Å². The molecule has 3 N–H and O–H groups in total. The number of rotatable bonds is 8. The molecule has 202 valence electrons. The maximum atomic E-state index is 12.7. The molecule has 13 heteroatoms. The molecule has 39 heavy (non-hydrogen) atoms. The lowest BCUT2D eigenvalue weighted by molar-refractivity contribution is 0.0356. The number of piperidine rings is 1. The van der Waals surface area contributed by atoms with Gasteiger partial charge >= 0.3 is 0 Å². The summed E-state index contributed by atoms with van der Waals surface area (Å²) in [5, 5.41) is 40.3. The van der Waals surface area contributed by atoms with Gasteiger partial charge < -0.3 is 25.5 Å². The highest BCUT2D eigenvalue weighted by atomic mass is 35.5. The quantitative estimate of drug-likeness (QED) is 0.383. The van der Waals surface area contributed by atoms with Gasteiger partial charge in [0.05, 0.1) is 40.3 Å². The first-order valence-electron chi connectivity index (χ1n) is 13.0. The van der Waals surface area contributed by atoms with Crippen molar-refractivity contribution in [3.63, 3.8) is 0 Å². The van der Waals surface area contributed by atoms with Gasteiger partial charge in [0.15, 0.2) is 17.2 Å². The van der Waals surface area contributed by atoms with Crippen LogP contribution < -0.4 is 15.5 Å². The third kappa shape index (κ3) is 5.03. The normalized spacial score (nSPS) is 19.4. The number of aliphatic hydroxyl groups is 1. The van der Waals surface area contributed by atoms with Crippen LogP contribution in [0.15, 0.2) is 18.3 Å². The number of hydrogen-bond donors (Lipinski definition) is 3. The molecule has 1 unspecified atom stereocenters. The summed E-state index contributed by atoms with van der Waals surface area (Å²) in [6.45, 7) is 2.89. The van der Waals surface area contributed by atoms with Crippen molar-refractivity contribution in [1.82, 2.24) is 24.5 Å². The molecular weight excluding hydrogens is 523 g/mol. The fourth-order valence-corrected chi connectivity index (χ4v) is 5.73. The second-order valence-corrected chi connectivity index (χ2v) is 11.1. The third-order valence-electron chi connectivity index (χ3n) is 7.78. The summed E-state index contributed by atoms with van der Waals surface area (Å²) in [5.41, 5.74) is 2.60. The second-order valence-electron chi connectivity index (χ2n) is 10.8. The highest BCUT2D eigenvalue weighted by Gasteiger charge is 2.45. The molecule has 2 saturated heterocycles. The first-order chi connectivity index (χ1) is 18.9. The van der Waals surface area contributed by atoms with Crippen molar-refractivity contribution in [2.75, 3.05) is 54.9 Å². The molecule has 1 aliphatic carbocycles. The predicted octanol–water partition coefficient (Wildman–Crippen LogP) is 3.07. The van der Waals surface area contributed by atoms with Gasteiger partial charge in [-0.15, -0.1) is 5.10 Å². The van der Waals surface area contributed by atoms with E-state index in [2.05, 4.69) is 47.6 Å². The van der Waals surface area contributed by atoms with Gasteiger partial charge in [-0.3, -0.25) is 0 Å². The number of alkyl halides is 1. The number of nitriles is 2. The Hall–Kier alpha value is -3.71. The van der Waals surface area contributed by atoms with Gasteiger partial charge in [0.25, 0.3) is 0 Å².